The van der Waals surface area contributed by atoms with Crippen molar-refractivity contribution < 1.29 is 30.1 Å². The summed E-state index contributed by atoms with van der Waals surface area (Å²) in [4.78, 5) is 7.28. The Morgan fingerprint density at radius 1 is 0.640 bits per heavy atom. The van der Waals surface area contributed by atoms with Crippen molar-refractivity contribution in [3.63, 3.8) is 0 Å². The number of halogens is 1. The molecular weight excluding hydrogens is 729 g/mol. The zero-order valence-corrected chi connectivity index (χ0v) is 33.2. The van der Waals surface area contributed by atoms with Gasteiger partial charge in [0.15, 0.2) is 0 Å². The van der Waals surface area contributed by atoms with Crippen LogP contribution in [0, 0.1) is 49.4 Å². The van der Waals surface area contributed by atoms with E-state index in [0.29, 0.717) is 6.61 Å². The monoisotopic (exact) mass is 786 g/mol. The fourth-order valence-electron chi connectivity index (χ4n) is 13.6. The van der Waals surface area contributed by atoms with Crippen LogP contribution in [0.3, 0.4) is 0 Å². The number of benzene rings is 3. The summed E-state index contributed by atoms with van der Waals surface area (Å²) in [6.07, 6.45) is 16.6. The van der Waals surface area contributed by atoms with E-state index in [-0.39, 0.29) is 10.8 Å². The summed E-state index contributed by atoms with van der Waals surface area (Å²) < 4.78 is 21.2. The average Bonchev–Trinajstić information content (AvgIpc) is 3.05. The summed E-state index contributed by atoms with van der Waals surface area (Å²) >= 11 is -3.36. The molecule has 9 aliphatic rings. The summed E-state index contributed by atoms with van der Waals surface area (Å²) in [5.74, 6) is 7.48. The van der Waals surface area contributed by atoms with Crippen molar-refractivity contribution in [1.29, 1.82) is 0 Å². The number of nitrogens with zero attached hydrogens (tertiary/aromatic N) is 1. The van der Waals surface area contributed by atoms with Crippen molar-refractivity contribution in [2.45, 2.75) is 102 Å². The average molecular weight is 787 g/mol. The second-order valence-electron chi connectivity index (χ2n) is 18.6. The molecule has 50 heavy (non-hydrogen) atoms. The molecule has 12 rings (SSSR count). The van der Waals surface area contributed by atoms with Gasteiger partial charge in [-0.3, -0.25) is 0 Å². The van der Waals surface area contributed by atoms with Crippen LogP contribution in [0.2, 0.25) is 0 Å². The third-order valence-electron chi connectivity index (χ3n) is 14.5. The molecule has 0 amide bonds. The molecule has 0 aromatic heterocycles. The molecule has 8 aliphatic carbocycles. The van der Waals surface area contributed by atoms with Gasteiger partial charge in [-0.15, -0.1) is 0 Å². The topological polar surface area (TPSA) is 30.9 Å². The normalized spacial score (nSPS) is 36.2. The van der Waals surface area contributed by atoms with Crippen molar-refractivity contribution >= 4 is 11.4 Å². The summed E-state index contributed by atoms with van der Waals surface area (Å²) in [5, 5.41) is 0. The minimum absolute atomic E-state index is 0.206. The van der Waals surface area contributed by atoms with Crippen molar-refractivity contribution in [2.75, 3.05) is 35.0 Å². The number of anilines is 2. The van der Waals surface area contributed by atoms with Gasteiger partial charge < -0.3 is 0 Å². The molecule has 0 radical (unpaired) electrons. The zero-order valence-electron chi connectivity index (χ0n) is 31.0. The summed E-state index contributed by atoms with van der Waals surface area (Å²) in [6.45, 7) is 6.04. The van der Waals surface area contributed by atoms with E-state index in [1.807, 2.05) is 7.11 Å². The van der Waals surface area contributed by atoms with Gasteiger partial charge in [-0.1, -0.05) is 0 Å². The first-order valence-corrected chi connectivity index (χ1v) is 25.9. The molecule has 8 bridgehead atoms. The molecule has 0 N–H and O–H groups in total. The van der Waals surface area contributed by atoms with Crippen LogP contribution < -0.4 is 30.3 Å². The van der Waals surface area contributed by atoms with Crippen LogP contribution >= 0.6 is 0 Å². The number of para-hydroxylation sites is 1. The quantitative estimate of drug-likeness (QED) is 0.196. The number of rotatable bonds is 5. The first kappa shape index (κ1) is 32.4. The fraction of sp³-hybridized carbons (Fsp3) is 0.600. The third kappa shape index (κ3) is 5.20. The first-order valence-electron chi connectivity index (χ1n) is 19.8. The van der Waals surface area contributed by atoms with Crippen molar-refractivity contribution in [1.82, 2.24) is 0 Å². The molecule has 268 valence electrons. The molecule has 1 aliphatic heterocycles. The summed E-state index contributed by atoms with van der Waals surface area (Å²) in [7, 11) is 1.84. The zero-order chi connectivity index (χ0) is 34.0. The van der Waals surface area contributed by atoms with Crippen molar-refractivity contribution in [2.24, 2.45) is 35.5 Å². The maximum atomic E-state index is 7.70. The number of hydrogen-bond acceptors (Lipinski definition) is 4. The van der Waals surface area contributed by atoms with Gasteiger partial charge in [-0.05, 0) is 0 Å². The van der Waals surface area contributed by atoms with Gasteiger partial charge in [-0.2, -0.15) is 0 Å². The van der Waals surface area contributed by atoms with E-state index < -0.39 is 19.3 Å². The number of ether oxygens (including phenoxy) is 1. The molecule has 1 heterocycles. The molecule has 0 saturated heterocycles. The summed E-state index contributed by atoms with van der Waals surface area (Å²) in [5.41, 5.74) is 11.1. The molecule has 3 aromatic carbocycles. The fourth-order valence-corrected chi connectivity index (χ4v) is 16.8. The Hall–Kier alpha value is -2.25. The van der Waals surface area contributed by atoms with Gasteiger partial charge in [0.2, 0.25) is 0 Å². The van der Waals surface area contributed by atoms with Crippen LogP contribution in [-0.2, 0) is 15.6 Å². The van der Waals surface area contributed by atoms with Crippen molar-refractivity contribution in [3.8, 4) is 22.6 Å². The van der Waals surface area contributed by atoms with E-state index in [0.717, 1.165) is 53.6 Å². The molecule has 0 atom stereocenters. The van der Waals surface area contributed by atoms with Crippen LogP contribution in [0.25, 0.3) is 11.1 Å². The standard InChI is InChI=1S/C45H57INO3/c1-28-12-37-36-8-6-7-9-40(36)47(10-11-48-5)41-15-29(2)14-39(45-25-33-19-34(26-45)21-35(20-33)27-45)43(41)50-46(3,4)49-42(37)38(13-28)44-22-30-16-31(23-44)18-32(17-30)24-44/h6-9,12-15,30-35H,10-11,16-27H2,1-5H3/q-1. The Morgan fingerprint density at radius 3 is 1.66 bits per heavy atom. The van der Waals surface area contributed by atoms with Crippen molar-refractivity contribution in [3.05, 3.63) is 70.8 Å². The van der Waals surface area contributed by atoms with Gasteiger partial charge in [0.1, 0.15) is 0 Å². The second kappa shape index (κ2) is 11.6. The Labute approximate surface area is 305 Å². The van der Waals surface area contributed by atoms with Gasteiger partial charge in [0.25, 0.3) is 0 Å². The SMILES string of the molecule is COCCN1c2ccccc2-c2cc(C)cc(C34CC5CC(CC(C5)C3)C4)c2O[I-](C)(C)Oc2c1cc(C)cc2C12CC3CC(CC(C3)C1)C2. The van der Waals surface area contributed by atoms with E-state index in [9.17, 15) is 0 Å². The first-order chi connectivity index (χ1) is 24.1. The number of alkyl halides is 2. The number of aryl methyl sites for hydroxylation is 2. The van der Waals surface area contributed by atoms with Crippen LogP contribution in [0.1, 0.15) is 99.3 Å². The van der Waals surface area contributed by atoms with Gasteiger partial charge in [-0.25, -0.2) is 0 Å². The Morgan fingerprint density at radius 2 is 1.12 bits per heavy atom. The van der Waals surface area contributed by atoms with Gasteiger partial charge in [0, 0.05) is 0 Å². The number of fused-ring (bicyclic) bond motifs is 4. The van der Waals surface area contributed by atoms with E-state index in [1.54, 1.807) is 0 Å². The van der Waals surface area contributed by atoms with E-state index in [1.165, 1.54) is 122 Å². The van der Waals surface area contributed by atoms with E-state index in [2.05, 4.69) is 77.1 Å². The molecule has 5 heteroatoms. The van der Waals surface area contributed by atoms with Gasteiger partial charge >= 0.3 is 307 Å². The molecule has 8 fully saturated rings. The van der Waals surface area contributed by atoms with E-state index in [4.69, 9.17) is 10.9 Å². The predicted molar refractivity (Wildman–Crippen MR) is 199 cm³/mol. The molecule has 4 nitrogen and oxygen atoms in total. The summed E-state index contributed by atoms with van der Waals surface area (Å²) in [6, 6.07) is 19.1. The molecule has 0 spiro atoms. The Bertz CT molecular complexity index is 1770. The molecular formula is C45H57INO3-. The van der Waals surface area contributed by atoms with Crippen LogP contribution in [0.4, 0.5) is 11.4 Å². The second-order valence-corrected chi connectivity index (χ2v) is 25.5. The third-order valence-corrected chi connectivity index (χ3v) is 17.5. The van der Waals surface area contributed by atoms with E-state index >= 15 is 0 Å². The number of methoxy groups -OCH3 is 1. The van der Waals surface area contributed by atoms with Crippen LogP contribution in [0.5, 0.6) is 11.5 Å². The Balaban J connectivity index is 1.21. The Kier molecular flexibility index (Phi) is 7.53. The van der Waals surface area contributed by atoms with Crippen LogP contribution in [0.15, 0.2) is 48.5 Å². The molecule has 3 aromatic rings. The van der Waals surface area contributed by atoms with Gasteiger partial charge in [0.05, 0.1) is 0 Å². The van der Waals surface area contributed by atoms with Crippen LogP contribution in [-0.4, -0.2) is 30.1 Å². The molecule has 0 unspecified atom stereocenters. The maximum absolute atomic E-state index is 7.70. The molecule has 8 saturated carbocycles. The predicted octanol–water partition coefficient (Wildman–Crippen LogP) is 7.71. The minimum atomic E-state index is -3.36. The number of hydrogen-bond donors (Lipinski definition) is 0.